The molecule has 0 radical (unpaired) electrons. The molecular weight excluding hydrogens is 384 g/mol. The number of nitro groups is 1. The number of carbonyl (C=O) groups is 2. The van der Waals surface area contributed by atoms with Crippen LogP contribution in [0.2, 0.25) is 0 Å². The van der Waals surface area contributed by atoms with E-state index < -0.39 is 4.92 Å². The van der Waals surface area contributed by atoms with Crippen LogP contribution in [-0.2, 0) is 9.59 Å². The third-order valence-corrected chi connectivity index (χ3v) is 4.99. The summed E-state index contributed by atoms with van der Waals surface area (Å²) in [5.41, 5.74) is 2.57. The molecule has 30 heavy (non-hydrogen) atoms. The van der Waals surface area contributed by atoms with Gasteiger partial charge in [-0.1, -0.05) is 12.1 Å². The van der Waals surface area contributed by atoms with Crippen LogP contribution in [0.25, 0.3) is 0 Å². The van der Waals surface area contributed by atoms with Crippen molar-refractivity contribution in [1.82, 2.24) is 5.32 Å². The number of anilines is 2. The third kappa shape index (κ3) is 6.30. The van der Waals surface area contributed by atoms with Gasteiger partial charge in [0.2, 0.25) is 11.8 Å². The number of nitrogens with one attached hydrogen (secondary N) is 3. The van der Waals surface area contributed by atoms with Gasteiger partial charge in [-0.25, -0.2) is 0 Å². The minimum absolute atomic E-state index is 0.0425. The minimum Gasteiger partial charge on any atom is -0.385 e. The smallest absolute Gasteiger partial charge is 0.269 e. The van der Waals surface area contributed by atoms with Gasteiger partial charge >= 0.3 is 0 Å². The number of nitro benzene ring substituents is 1. The summed E-state index contributed by atoms with van der Waals surface area (Å²) in [7, 11) is 0. The number of hydrogen-bond acceptors (Lipinski definition) is 5. The highest BCUT2D eigenvalue weighted by molar-refractivity contribution is 5.94. The number of rotatable bonds is 10. The van der Waals surface area contributed by atoms with Gasteiger partial charge in [0.15, 0.2) is 0 Å². The van der Waals surface area contributed by atoms with E-state index in [0.717, 1.165) is 29.8 Å². The van der Waals surface area contributed by atoms with Crippen molar-refractivity contribution in [3.8, 4) is 0 Å². The molecule has 158 valence electrons. The van der Waals surface area contributed by atoms with Crippen molar-refractivity contribution >= 4 is 28.9 Å². The maximum absolute atomic E-state index is 12.2. The summed E-state index contributed by atoms with van der Waals surface area (Å²) in [5, 5.41) is 19.7. The second-order valence-electron chi connectivity index (χ2n) is 7.51. The summed E-state index contributed by atoms with van der Waals surface area (Å²) in [5.74, 6) is 0.198. The van der Waals surface area contributed by atoms with Crippen LogP contribution in [0.4, 0.5) is 17.1 Å². The van der Waals surface area contributed by atoms with Crippen LogP contribution in [0, 0.1) is 16.0 Å². The molecule has 1 fully saturated rings. The molecule has 0 spiro atoms. The highest BCUT2D eigenvalue weighted by Crippen LogP contribution is 2.30. The molecule has 1 unspecified atom stereocenters. The first-order chi connectivity index (χ1) is 14.4. The highest BCUT2D eigenvalue weighted by Gasteiger charge is 2.29. The van der Waals surface area contributed by atoms with E-state index in [4.69, 9.17) is 0 Å². The van der Waals surface area contributed by atoms with Crippen molar-refractivity contribution in [3.63, 3.8) is 0 Å². The molecule has 0 aromatic heterocycles. The summed E-state index contributed by atoms with van der Waals surface area (Å²) in [6.45, 7) is 2.51. The van der Waals surface area contributed by atoms with Gasteiger partial charge in [0.05, 0.1) is 11.0 Å². The maximum atomic E-state index is 12.2. The number of nitrogens with zero attached hydrogens (tertiary/aromatic N) is 1. The summed E-state index contributed by atoms with van der Waals surface area (Å²) < 4.78 is 0. The molecule has 1 aliphatic carbocycles. The average Bonchev–Trinajstić information content (AvgIpc) is 3.57. The number of carbonyl (C=O) groups excluding carboxylic acids is 2. The lowest BCUT2D eigenvalue weighted by molar-refractivity contribution is -0.384. The first kappa shape index (κ1) is 21.3. The van der Waals surface area contributed by atoms with Crippen molar-refractivity contribution in [3.05, 3.63) is 64.2 Å². The summed E-state index contributed by atoms with van der Waals surface area (Å²) >= 11 is 0. The molecule has 2 aromatic rings. The number of benzene rings is 2. The van der Waals surface area contributed by atoms with Crippen LogP contribution in [0.15, 0.2) is 48.5 Å². The van der Waals surface area contributed by atoms with Crippen molar-refractivity contribution in [2.24, 2.45) is 5.92 Å². The van der Waals surface area contributed by atoms with Crippen molar-refractivity contribution < 1.29 is 14.5 Å². The van der Waals surface area contributed by atoms with E-state index in [0.29, 0.717) is 19.4 Å². The molecule has 8 heteroatoms. The molecule has 8 nitrogen and oxygen atoms in total. The molecule has 1 atom stereocenters. The molecule has 3 rings (SSSR count). The van der Waals surface area contributed by atoms with Gasteiger partial charge in [0.25, 0.3) is 5.69 Å². The van der Waals surface area contributed by atoms with Crippen molar-refractivity contribution in [2.75, 3.05) is 17.2 Å². The Bertz CT molecular complexity index is 892. The molecule has 3 N–H and O–H groups in total. The van der Waals surface area contributed by atoms with E-state index >= 15 is 0 Å². The Hall–Kier alpha value is -3.42. The van der Waals surface area contributed by atoms with E-state index in [2.05, 4.69) is 16.0 Å². The second kappa shape index (κ2) is 9.87. The van der Waals surface area contributed by atoms with Crippen LogP contribution in [0.3, 0.4) is 0 Å². The summed E-state index contributed by atoms with van der Waals surface area (Å²) in [4.78, 5) is 34.2. The first-order valence-electron chi connectivity index (χ1n) is 10.1. The third-order valence-electron chi connectivity index (χ3n) is 4.99. The van der Waals surface area contributed by atoms with Crippen LogP contribution in [0.1, 0.15) is 44.2 Å². The van der Waals surface area contributed by atoms with Gasteiger partial charge in [-0.2, -0.15) is 0 Å². The topological polar surface area (TPSA) is 113 Å². The number of non-ortho nitro benzene ring substituents is 1. The fourth-order valence-electron chi connectivity index (χ4n) is 3.02. The van der Waals surface area contributed by atoms with Crippen LogP contribution in [-0.4, -0.2) is 23.3 Å². The van der Waals surface area contributed by atoms with E-state index in [9.17, 15) is 19.7 Å². The largest absolute Gasteiger partial charge is 0.385 e. The van der Waals surface area contributed by atoms with E-state index in [1.807, 2.05) is 31.2 Å². The fourth-order valence-corrected chi connectivity index (χ4v) is 3.02. The van der Waals surface area contributed by atoms with E-state index in [-0.39, 0.29) is 29.5 Å². The van der Waals surface area contributed by atoms with Crippen LogP contribution in [0.5, 0.6) is 0 Å². The zero-order chi connectivity index (χ0) is 21.5. The van der Waals surface area contributed by atoms with Gasteiger partial charge < -0.3 is 16.0 Å². The Morgan fingerprint density at radius 3 is 2.30 bits per heavy atom. The quantitative estimate of drug-likeness (QED) is 0.311. The zero-order valence-electron chi connectivity index (χ0n) is 16.9. The minimum atomic E-state index is -0.437. The second-order valence-corrected chi connectivity index (χ2v) is 7.51. The van der Waals surface area contributed by atoms with Gasteiger partial charge in [-0.05, 0) is 56.0 Å². The van der Waals surface area contributed by atoms with E-state index in [1.165, 1.54) is 12.1 Å². The lowest BCUT2D eigenvalue weighted by Crippen LogP contribution is -2.26. The predicted molar refractivity (Wildman–Crippen MR) is 115 cm³/mol. The maximum Gasteiger partial charge on any atom is 0.269 e. The SMILES string of the molecule is CC(NC(=O)CCCNc1ccc([N+](=O)[O-])cc1)c1ccc(NC(=O)C2CC2)cc1. The normalized spacial score (nSPS) is 13.9. The Balaban J connectivity index is 1.36. The van der Waals surface area contributed by atoms with Gasteiger partial charge in [-0.3, -0.25) is 19.7 Å². The Morgan fingerprint density at radius 2 is 1.70 bits per heavy atom. The first-order valence-corrected chi connectivity index (χ1v) is 10.1. The standard InChI is InChI=1S/C22H26N4O4/c1-15(16-6-8-19(9-7-16)25-22(28)17-4-5-17)24-21(27)3-2-14-23-18-10-12-20(13-11-18)26(29)30/h6-13,15,17,23H,2-5,14H2,1H3,(H,24,27)(H,25,28). The number of amides is 2. The molecule has 0 aliphatic heterocycles. The Kier molecular flexibility index (Phi) is 7.00. The van der Waals surface area contributed by atoms with Crippen LogP contribution >= 0.6 is 0 Å². The highest BCUT2D eigenvalue weighted by atomic mass is 16.6. The molecular formula is C22H26N4O4. The average molecular weight is 410 g/mol. The van der Waals surface area contributed by atoms with Crippen molar-refractivity contribution in [2.45, 2.75) is 38.6 Å². The molecule has 2 amide bonds. The predicted octanol–water partition coefficient (Wildman–Crippen LogP) is 4.01. The molecule has 2 aromatic carbocycles. The van der Waals surface area contributed by atoms with Crippen molar-refractivity contribution in [1.29, 1.82) is 0 Å². The van der Waals surface area contributed by atoms with Gasteiger partial charge in [-0.15, -0.1) is 0 Å². The molecule has 1 aliphatic rings. The van der Waals surface area contributed by atoms with Crippen LogP contribution < -0.4 is 16.0 Å². The Labute approximate surface area is 175 Å². The molecule has 0 saturated heterocycles. The lowest BCUT2D eigenvalue weighted by atomic mass is 10.1. The molecule has 0 bridgehead atoms. The fraction of sp³-hybridized carbons (Fsp3) is 0.364. The van der Waals surface area contributed by atoms with Gasteiger partial charge in [0, 0.05) is 42.4 Å². The molecule has 1 saturated carbocycles. The monoisotopic (exact) mass is 410 g/mol. The zero-order valence-corrected chi connectivity index (χ0v) is 16.9. The van der Waals surface area contributed by atoms with Gasteiger partial charge in [0.1, 0.15) is 0 Å². The number of hydrogen-bond donors (Lipinski definition) is 3. The lowest BCUT2D eigenvalue weighted by Gasteiger charge is -2.15. The Morgan fingerprint density at radius 1 is 1.07 bits per heavy atom. The summed E-state index contributed by atoms with van der Waals surface area (Å²) in [6.07, 6.45) is 2.95. The van der Waals surface area contributed by atoms with E-state index in [1.54, 1.807) is 12.1 Å². The summed E-state index contributed by atoms with van der Waals surface area (Å²) in [6, 6.07) is 13.6. The molecule has 0 heterocycles.